The third-order valence-corrected chi connectivity index (χ3v) is 4.09. The predicted molar refractivity (Wildman–Crippen MR) is 91.2 cm³/mol. The van der Waals surface area contributed by atoms with Gasteiger partial charge in [0.2, 0.25) is 5.91 Å². The molecule has 0 spiro atoms. The van der Waals surface area contributed by atoms with E-state index < -0.39 is 0 Å². The summed E-state index contributed by atoms with van der Waals surface area (Å²) in [6, 6.07) is 24.5. The van der Waals surface area contributed by atoms with Gasteiger partial charge in [0.1, 0.15) is 0 Å². The summed E-state index contributed by atoms with van der Waals surface area (Å²) in [6.45, 7) is 1.62. The molecule has 0 fully saturated rings. The van der Waals surface area contributed by atoms with Crippen molar-refractivity contribution in [2.24, 2.45) is 0 Å². The summed E-state index contributed by atoms with van der Waals surface area (Å²) in [4.78, 5) is 12.3. The number of rotatable bonds is 1. The van der Waals surface area contributed by atoms with E-state index in [0.29, 0.717) is 0 Å². The lowest BCUT2D eigenvalue weighted by Crippen LogP contribution is -2.05. The third kappa shape index (κ3) is 1.77. The number of fused-ring (bicyclic) bond motifs is 3. The molecule has 0 aliphatic heterocycles. The van der Waals surface area contributed by atoms with Crippen molar-refractivity contribution in [3.63, 3.8) is 0 Å². The minimum Gasteiger partial charge on any atom is -0.279 e. The van der Waals surface area contributed by atoms with Crippen LogP contribution in [0.15, 0.2) is 72.8 Å². The summed E-state index contributed by atoms with van der Waals surface area (Å²) in [5, 5.41) is 2.23. The lowest BCUT2D eigenvalue weighted by molar-refractivity contribution is 0.0946. The van der Waals surface area contributed by atoms with Crippen molar-refractivity contribution in [2.45, 2.75) is 6.92 Å². The van der Waals surface area contributed by atoms with Gasteiger partial charge in [-0.25, -0.2) is 0 Å². The Balaban J connectivity index is 2.23. The van der Waals surface area contributed by atoms with Gasteiger partial charge in [0, 0.05) is 23.3 Å². The third-order valence-electron chi connectivity index (χ3n) is 4.09. The molecule has 22 heavy (non-hydrogen) atoms. The van der Waals surface area contributed by atoms with E-state index in [4.69, 9.17) is 0 Å². The van der Waals surface area contributed by atoms with Crippen molar-refractivity contribution in [1.82, 2.24) is 4.57 Å². The second-order valence-corrected chi connectivity index (χ2v) is 5.44. The molecule has 1 heterocycles. The highest BCUT2D eigenvalue weighted by molar-refractivity contribution is 6.16. The number of carbonyl (C=O) groups excluding carboxylic acids is 1. The Morgan fingerprint density at radius 2 is 1.45 bits per heavy atom. The number of nitrogens with zero attached hydrogens (tertiary/aromatic N) is 1. The average Bonchev–Trinajstić information content (AvgIpc) is 2.90. The largest absolute Gasteiger partial charge is 0.279 e. The van der Waals surface area contributed by atoms with Gasteiger partial charge in [-0.3, -0.25) is 9.36 Å². The molecule has 0 aliphatic rings. The molecule has 0 unspecified atom stereocenters. The summed E-state index contributed by atoms with van der Waals surface area (Å²) >= 11 is 0. The van der Waals surface area contributed by atoms with Crippen LogP contribution >= 0.6 is 0 Å². The minimum absolute atomic E-state index is 0.0366. The van der Waals surface area contributed by atoms with E-state index in [1.54, 1.807) is 6.92 Å². The van der Waals surface area contributed by atoms with E-state index in [-0.39, 0.29) is 5.91 Å². The molecule has 4 rings (SSSR count). The summed E-state index contributed by atoms with van der Waals surface area (Å²) < 4.78 is 1.83. The number of benzene rings is 3. The van der Waals surface area contributed by atoms with E-state index in [9.17, 15) is 4.79 Å². The van der Waals surface area contributed by atoms with Crippen LogP contribution in [0.5, 0.6) is 0 Å². The van der Waals surface area contributed by atoms with Crippen LogP contribution in [0.1, 0.15) is 11.7 Å². The SMILES string of the molecule is CC(=O)n1c2ccccc2c2cccc(-c3ccccc3)c21. The number of hydrogen-bond acceptors (Lipinski definition) is 1. The normalized spacial score (nSPS) is 11.1. The van der Waals surface area contributed by atoms with Gasteiger partial charge >= 0.3 is 0 Å². The molecule has 0 amide bonds. The molecule has 0 saturated carbocycles. The lowest BCUT2D eigenvalue weighted by Gasteiger charge is -2.08. The first-order chi connectivity index (χ1) is 10.8. The van der Waals surface area contributed by atoms with Gasteiger partial charge in [-0.05, 0) is 11.6 Å². The first-order valence-corrected chi connectivity index (χ1v) is 7.36. The highest BCUT2D eigenvalue weighted by atomic mass is 16.1. The van der Waals surface area contributed by atoms with Crippen molar-refractivity contribution in [1.29, 1.82) is 0 Å². The van der Waals surface area contributed by atoms with Gasteiger partial charge in [-0.2, -0.15) is 0 Å². The summed E-state index contributed by atoms with van der Waals surface area (Å²) in [6.07, 6.45) is 0. The zero-order valence-electron chi connectivity index (χ0n) is 12.3. The van der Waals surface area contributed by atoms with Crippen LogP contribution < -0.4 is 0 Å². The molecule has 2 heteroatoms. The quantitative estimate of drug-likeness (QED) is 0.475. The maximum atomic E-state index is 12.3. The lowest BCUT2D eigenvalue weighted by atomic mass is 10.0. The van der Waals surface area contributed by atoms with Crippen molar-refractivity contribution >= 4 is 27.7 Å². The molecule has 0 N–H and O–H groups in total. The van der Waals surface area contributed by atoms with Gasteiger partial charge in [-0.1, -0.05) is 66.7 Å². The summed E-state index contributed by atoms with van der Waals surface area (Å²) in [7, 11) is 0. The monoisotopic (exact) mass is 285 g/mol. The van der Waals surface area contributed by atoms with Crippen LogP contribution in [0.4, 0.5) is 0 Å². The summed E-state index contributed by atoms with van der Waals surface area (Å²) in [5.41, 5.74) is 4.17. The molecule has 1 aromatic heterocycles. The maximum Gasteiger partial charge on any atom is 0.228 e. The van der Waals surface area contributed by atoms with Crippen LogP contribution in [-0.4, -0.2) is 10.5 Å². The van der Waals surface area contributed by atoms with Crippen LogP contribution in [0, 0.1) is 0 Å². The Morgan fingerprint density at radius 3 is 2.23 bits per heavy atom. The zero-order chi connectivity index (χ0) is 15.1. The number of aromatic nitrogens is 1. The Morgan fingerprint density at radius 1 is 0.773 bits per heavy atom. The minimum atomic E-state index is 0.0366. The molecule has 4 aromatic rings. The van der Waals surface area contributed by atoms with E-state index in [1.807, 2.05) is 41.0 Å². The fraction of sp³-hybridized carbons (Fsp3) is 0.0500. The molecule has 2 nitrogen and oxygen atoms in total. The van der Waals surface area contributed by atoms with Crippen LogP contribution in [0.3, 0.4) is 0 Å². The fourth-order valence-electron chi connectivity index (χ4n) is 3.20. The van der Waals surface area contributed by atoms with Crippen LogP contribution in [0.25, 0.3) is 32.9 Å². The van der Waals surface area contributed by atoms with E-state index in [2.05, 4.69) is 36.4 Å². The molecular formula is C20H15NO. The average molecular weight is 285 g/mol. The molecule has 0 bridgehead atoms. The second-order valence-electron chi connectivity index (χ2n) is 5.44. The number of para-hydroxylation sites is 2. The molecule has 106 valence electrons. The van der Waals surface area contributed by atoms with Crippen molar-refractivity contribution in [3.8, 4) is 11.1 Å². The van der Waals surface area contributed by atoms with E-state index in [1.165, 1.54) is 0 Å². The van der Waals surface area contributed by atoms with Gasteiger partial charge in [0.25, 0.3) is 0 Å². The highest BCUT2D eigenvalue weighted by Crippen LogP contribution is 2.35. The van der Waals surface area contributed by atoms with Gasteiger partial charge in [0.15, 0.2) is 0 Å². The van der Waals surface area contributed by atoms with Crippen LogP contribution in [0.2, 0.25) is 0 Å². The zero-order valence-corrected chi connectivity index (χ0v) is 12.3. The summed E-state index contributed by atoms with van der Waals surface area (Å²) in [5.74, 6) is 0.0366. The molecule has 0 atom stereocenters. The van der Waals surface area contributed by atoms with Gasteiger partial charge in [0.05, 0.1) is 11.0 Å². The van der Waals surface area contributed by atoms with Gasteiger partial charge in [-0.15, -0.1) is 0 Å². The number of hydrogen-bond donors (Lipinski definition) is 0. The standard InChI is InChI=1S/C20H15NO/c1-14(22)21-19-13-6-5-10-17(19)18-12-7-11-16(20(18)21)15-8-3-2-4-9-15/h2-13H,1H3. The van der Waals surface area contributed by atoms with Crippen LogP contribution in [-0.2, 0) is 0 Å². The van der Waals surface area contributed by atoms with Gasteiger partial charge < -0.3 is 0 Å². The molecule has 3 aromatic carbocycles. The second kappa shape index (κ2) is 4.85. The predicted octanol–water partition coefficient (Wildman–Crippen LogP) is 5.12. The topological polar surface area (TPSA) is 22.0 Å². The molecule has 0 radical (unpaired) electrons. The highest BCUT2D eigenvalue weighted by Gasteiger charge is 2.16. The van der Waals surface area contributed by atoms with E-state index >= 15 is 0 Å². The first kappa shape index (κ1) is 12.8. The van der Waals surface area contributed by atoms with E-state index in [0.717, 1.165) is 32.9 Å². The molecular weight excluding hydrogens is 270 g/mol. The first-order valence-electron chi connectivity index (χ1n) is 7.36. The van der Waals surface area contributed by atoms with Crippen molar-refractivity contribution in [3.05, 3.63) is 72.8 Å². The number of carbonyl (C=O) groups is 1. The molecule has 0 saturated heterocycles. The Hall–Kier alpha value is -2.87. The Labute approximate surface area is 128 Å². The Kier molecular flexibility index (Phi) is 2.83. The maximum absolute atomic E-state index is 12.3. The Bertz CT molecular complexity index is 996. The van der Waals surface area contributed by atoms with Crippen molar-refractivity contribution < 1.29 is 4.79 Å². The molecule has 0 aliphatic carbocycles. The smallest absolute Gasteiger partial charge is 0.228 e. The fourth-order valence-corrected chi connectivity index (χ4v) is 3.20. The van der Waals surface area contributed by atoms with Crippen molar-refractivity contribution in [2.75, 3.05) is 0 Å².